The van der Waals surface area contributed by atoms with Crippen LogP contribution < -0.4 is 5.32 Å². The first-order chi connectivity index (χ1) is 6.42. The van der Waals surface area contributed by atoms with Crippen molar-refractivity contribution in [3.8, 4) is 0 Å². The molecule has 0 fully saturated rings. The fraction of sp³-hybridized carbons (Fsp3) is 0.909. The zero-order valence-electron chi connectivity index (χ0n) is 9.76. The topological polar surface area (TPSA) is 49.3 Å². The normalized spacial score (nSPS) is 15.5. The minimum atomic E-state index is -0.750. The van der Waals surface area contributed by atoms with Gasteiger partial charge in [0.1, 0.15) is 5.54 Å². The van der Waals surface area contributed by atoms with Crippen molar-refractivity contribution in [2.75, 3.05) is 6.54 Å². The summed E-state index contributed by atoms with van der Waals surface area (Å²) >= 11 is 0. The molecule has 0 amide bonds. The van der Waals surface area contributed by atoms with Crippen LogP contribution in [0, 0.1) is 5.92 Å². The van der Waals surface area contributed by atoms with Crippen LogP contribution in [0.15, 0.2) is 0 Å². The Bertz CT molecular complexity index is 180. The van der Waals surface area contributed by atoms with Gasteiger partial charge in [-0.2, -0.15) is 0 Å². The molecule has 0 aliphatic carbocycles. The summed E-state index contributed by atoms with van der Waals surface area (Å²) in [6.45, 7) is 8.80. The van der Waals surface area contributed by atoms with Gasteiger partial charge in [0.2, 0.25) is 0 Å². The third-order valence-electron chi connectivity index (χ3n) is 2.46. The summed E-state index contributed by atoms with van der Waals surface area (Å²) in [4.78, 5) is 11.1. The van der Waals surface area contributed by atoms with Crippen LogP contribution in [0.3, 0.4) is 0 Å². The number of aliphatic carboxylic acids is 1. The Balaban J connectivity index is 4.17. The minimum absolute atomic E-state index is 0.553. The summed E-state index contributed by atoms with van der Waals surface area (Å²) in [5.74, 6) is -0.191. The summed E-state index contributed by atoms with van der Waals surface area (Å²) in [5, 5.41) is 12.2. The molecule has 3 heteroatoms. The molecule has 0 radical (unpaired) electrons. The van der Waals surface area contributed by atoms with E-state index in [2.05, 4.69) is 19.2 Å². The van der Waals surface area contributed by atoms with Crippen molar-refractivity contribution in [2.24, 2.45) is 5.92 Å². The van der Waals surface area contributed by atoms with Gasteiger partial charge in [-0.15, -0.1) is 0 Å². The number of carboxylic acids is 1. The van der Waals surface area contributed by atoms with Gasteiger partial charge in [-0.25, -0.2) is 0 Å². The summed E-state index contributed by atoms with van der Waals surface area (Å²) in [5.41, 5.74) is -0.750. The van der Waals surface area contributed by atoms with Gasteiger partial charge in [0.15, 0.2) is 0 Å². The Morgan fingerprint density at radius 2 is 2.07 bits per heavy atom. The lowest BCUT2D eigenvalue weighted by Gasteiger charge is -2.26. The van der Waals surface area contributed by atoms with Crippen LogP contribution in [0.4, 0.5) is 0 Å². The predicted octanol–water partition coefficient (Wildman–Crippen LogP) is 2.27. The molecule has 0 saturated carbocycles. The molecule has 0 aliphatic rings. The number of hydrogen-bond acceptors (Lipinski definition) is 2. The van der Waals surface area contributed by atoms with Crippen molar-refractivity contribution in [3.63, 3.8) is 0 Å². The van der Waals surface area contributed by atoms with Crippen molar-refractivity contribution in [3.05, 3.63) is 0 Å². The van der Waals surface area contributed by atoms with Gasteiger partial charge >= 0.3 is 5.97 Å². The molecule has 2 N–H and O–H groups in total. The van der Waals surface area contributed by atoms with Crippen molar-refractivity contribution in [1.29, 1.82) is 0 Å². The molecular weight excluding hydrogens is 178 g/mol. The largest absolute Gasteiger partial charge is 0.480 e. The summed E-state index contributed by atoms with van der Waals surface area (Å²) < 4.78 is 0. The highest BCUT2D eigenvalue weighted by atomic mass is 16.4. The van der Waals surface area contributed by atoms with Gasteiger partial charge in [-0.1, -0.05) is 20.8 Å². The molecule has 3 nitrogen and oxygen atoms in total. The van der Waals surface area contributed by atoms with E-state index in [1.807, 2.05) is 6.92 Å². The fourth-order valence-electron chi connectivity index (χ4n) is 1.25. The zero-order chi connectivity index (χ0) is 11.2. The van der Waals surface area contributed by atoms with E-state index in [1.54, 1.807) is 6.92 Å². The molecule has 1 atom stereocenters. The number of rotatable bonds is 7. The summed E-state index contributed by atoms with van der Waals surface area (Å²) in [6, 6.07) is 0. The van der Waals surface area contributed by atoms with Crippen LogP contribution in [0.5, 0.6) is 0 Å². The van der Waals surface area contributed by atoms with E-state index >= 15 is 0 Å². The lowest BCUT2D eigenvalue weighted by atomic mass is 9.92. The van der Waals surface area contributed by atoms with E-state index in [-0.39, 0.29) is 0 Å². The second kappa shape index (κ2) is 6.02. The molecule has 0 aromatic heterocycles. The molecule has 0 aromatic carbocycles. The van der Waals surface area contributed by atoms with Gasteiger partial charge in [0.25, 0.3) is 0 Å². The van der Waals surface area contributed by atoms with E-state index in [0.717, 1.165) is 19.4 Å². The highest BCUT2D eigenvalue weighted by molar-refractivity contribution is 5.78. The second-order valence-electron chi connectivity index (χ2n) is 4.50. The minimum Gasteiger partial charge on any atom is -0.480 e. The average molecular weight is 201 g/mol. The first-order valence-corrected chi connectivity index (χ1v) is 5.40. The lowest BCUT2D eigenvalue weighted by molar-refractivity contribution is -0.144. The van der Waals surface area contributed by atoms with E-state index < -0.39 is 11.5 Å². The Hall–Kier alpha value is -0.570. The second-order valence-corrected chi connectivity index (χ2v) is 4.50. The molecule has 0 saturated heterocycles. The molecular formula is C11H23NO2. The average Bonchev–Trinajstić information content (AvgIpc) is 2.11. The zero-order valence-corrected chi connectivity index (χ0v) is 9.76. The van der Waals surface area contributed by atoms with E-state index in [4.69, 9.17) is 5.11 Å². The van der Waals surface area contributed by atoms with E-state index in [9.17, 15) is 4.79 Å². The smallest absolute Gasteiger partial charge is 0.323 e. The maximum absolute atomic E-state index is 11.1. The number of nitrogens with one attached hydrogen (secondary N) is 1. The lowest BCUT2D eigenvalue weighted by Crippen LogP contribution is -2.49. The maximum Gasteiger partial charge on any atom is 0.323 e. The number of carbonyl (C=O) groups is 1. The number of hydrogen-bond donors (Lipinski definition) is 2. The Morgan fingerprint density at radius 3 is 2.43 bits per heavy atom. The monoisotopic (exact) mass is 201 g/mol. The Morgan fingerprint density at radius 1 is 1.50 bits per heavy atom. The SMILES string of the molecule is CCCNC(C)(CCC(C)C)C(=O)O. The van der Waals surface area contributed by atoms with Crippen LogP contribution >= 0.6 is 0 Å². The standard InChI is InChI=1S/C11H23NO2/c1-5-8-12-11(4,10(13)14)7-6-9(2)3/h9,12H,5-8H2,1-4H3,(H,13,14). The maximum atomic E-state index is 11.1. The van der Waals surface area contributed by atoms with Gasteiger partial charge < -0.3 is 10.4 Å². The van der Waals surface area contributed by atoms with Gasteiger partial charge in [0, 0.05) is 0 Å². The van der Waals surface area contributed by atoms with Crippen LogP contribution in [0.1, 0.15) is 47.0 Å². The molecule has 0 rings (SSSR count). The van der Waals surface area contributed by atoms with Crippen LogP contribution in [-0.4, -0.2) is 23.2 Å². The van der Waals surface area contributed by atoms with Crippen molar-refractivity contribution in [2.45, 2.75) is 52.5 Å². The van der Waals surface area contributed by atoms with E-state index in [0.29, 0.717) is 12.3 Å². The Labute approximate surface area is 86.9 Å². The molecule has 0 bridgehead atoms. The summed E-state index contributed by atoms with van der Waals surface area (Å²) in [7, 11) is 0. The van der Waals surface area contributed by atoms with Crippen molar-refractivity contribution in [1.82, 2.24) is 5.32 Å². The third-order valence-corrected chi connectivity index (χ3v) is 2.46. The number of carboxylic acid groups (broad SMARTS) is 1. The van der Waals surface area contributed by atoms with Crippen LogP contribution in [-0.2, 0) is 4.79 Å². The van der Waals surface area contributed by atoms with Gasteiger partial charge in [-0.05, 0) is 38.6 Å². The molecule has 0 heterocycles. The quantitative estimate of drug-likeness (QED) is 0.664. The van der Waals surface area contributed by atoms with Crippen LogP contribution in [0.25, 0.3) is 0 Å². The van der Waals surface area contributed by atoms with E-state index in [1.165, 1.54) is 0 Å². The first-order valence-electron chi connectivity index (χ1n) is 5.40. The first kappa shape index (κ1) is 13.4. The highest BCUT2D eigenvalue weighted by Gasteiger charge is 2.31. The molecule has 14 heavy (non-hydrogen) atoms. The third kappa shape index (κ3) is 4.61. The fourth-order valence-corrected chi connectivity index (χ4v) is 1.25. The van der Waals surface area contributed by atoms with Crippen LogP contribution in [0.2, 0.25) is 0 Å². The highest BCUT2D eigenvalue weighted by Crippen LogP contribution is 2.16. The van der Waals surface area contributed by atoms with Crippen molar-refractivity contribution >= 4 is 5.97 Å². The molecule has 84 valence electrons. The van der Waals surface area contributed by atoms with Gasteiger partial charge in [0.05, 0.1) is 0 Å². The Kier molecular flexibility index (Phi) is 5.77. The summed E-state index contributed by atoms with van der Waals surface area (Å²) in [6.07, 6.45) is 2.60. The predicted molar refractivity (Wildman–Crippen MR) is 58.4 cm³/mol. The van der Waals surface area contributed by atoms with Gasteiger partial charge in [-0.3, -0.25) is 4.79 Å². The molecule has 0 aromatic rings. The molecule has 0 aliphatic heterocycles. The molecule has 0 spiro atoms. The molecule has 1 unspecified atom stereocenters. The van der Waals surface area contributed by atoms with Crippen molar-refractivity contribution < 1.29 is 9.90 Å².